The number of aryl methyl sites for hydroxylation is 1. The van der Waals surface area contributed by atoms with Crippen LogP contribution in [-0.2, 0) is 23.6 Å². The Bertz CT molecular complexity index is 709. The fourth-order valence-electron chi connectivity index (χ4n) is 2.18. The summed E-state index contributed by atoms with van der Waals surface area (Å²) >= 11 is 0. The molecule has 0 atom stereocenters. The lowest BCUT2D eigenvalue weighted by Crippen LogP contribution is -2.32. The molecule has 2 rings (SSSR count). The number of rotatable bonds is 6. The molecule has 7 heteroatoms. The summed E-state index contributed by atoms with van der Waals surface area (Å²) < 4.78 is 28.3. The summed E-state index contributed by atoms with van der Waals surface area (Å²) in [7, 11) is -1.95. The van der Waals surface area contributed by atoms with Crippen molar-refractivity contribution in [3.63, 3.8) is 0 Å². The van der Waals surface area contributed by atoms with E-state index in [4.69, 9.17) is 5.73 Å². The first-order valence-corrected chi connectivity index (χ1v) is 8.21. The van der Waals surface area contributed by atoms with Gasteiger partial charge in [0.25, 0.3) is 10.0 Å². The van der Waals surface area contributed by atoms with Crippen molar-refractivity contribution in [2.75, 3.05) is 12.3 Å². The van der Waals surface area contributed by atoms with E-state index in [0.29, 0.717) is 18.8 Å². The normalized spacial score (nSPS) is 12.0. The Kier molecular flexibility index (Phi) is 4.64. The summed E-state index contributed by atoms with van der Waals surface area (Å²) in [5.41, 5.74) is 7.25. The van der Waals surface area contributed by atoms with Crippen molar-refractivity contribution in [1.82, 2.24) is 14.1 Å². The molecular formula is C14H20N4O2S. The second-order valence-corrected chi connectivity index (χ2v) is 6.76. The summed E-state index contributed by atoms with van der Waals surface area (Å²) in [6.07, 6.45) is 2.22. The Hall–Kier alpha value is -1.86. The second-order valence-electron chi connectivity index (χ2n) is 4.88. The molecule has 2 N–H and O–H groups in total. The number of sulfonamides is 1. The minimum Gasteiger partial charge on any atom is -0.399 e. The van der Waals surface area contributed by atoms with Gasteiger partial charge in [0.05, 0.1) is 6.20 Å². The Labute approximate surface area is 125 Å². The highest BCUT2D eigenvalue weighted by molar-refractivity contribution is 7.89. The van der Waals surface area contributed by atoms with Crippen LogP contribution in [-0.4, -0.2) is 29.0 Å². The van der Waals surface area contributed by atoms with Gasteiger partial charge >= 0.3 is 0 Å². The van der Waals surface area contributed by atoms with Gasteiger partial charge in [0, 0.05) is 25.8 Å². The molecule has 0 radical (unpaired) electrons. The summed E-state index contributed by atoms with van der Waals surface area (Å²) in [5.74, 6) is 0. The van der Waals surface area contributed by atoms with E-state index in [1.54, 1.807) is 19.2 Å². The van der Waals surface area contributed by atoms with E-state index in [9.17, 15) is 8.42 Å². The van der Waals surface area contributed by atoms with Crippen LogP contribution in [0.1, 0.15) is 18.9 Å². The molecule has 0 fully saturated rings. The third-order valence-corrected chi connectivity index (χ3v) is 5.08. The Balaban J connectivity index is 2.33. The molecule has 1 aromatic carbocycles. The van der Waals surface area contributed by atoms with Crippen LogP contribution in [0.4, 0.5) is 5.69 Å². The topological polar surface area (TPSA) is 81.2 Å². The van der Waals surface area contributed by atoms with Crippen LogP contribution in [0.25, 0.3) is 0 Å². The average molecular weight is 308 g/mol. The van der Waals surface area contributed by atoms with Gasteiger partial charge in [-0.3, -0.25) is 4.68 Å². The zero-order valence-corrected chi connectivity index (χ0v) is 13.0. The maximum atomic E-state index is 12.7. The van der Waals surface area contributed by atoms with E-state index in [0.717, 1.165) is 12.0 Å². The van der Waals surface area contributed by atoms with Gasteiger partial charge in [-0.15, -0.1) is 0 Å². The predicted octanol–water partition coefficient (Wildman–Crippen LogP) is 1.60. The highest BCUT2D eigenvalue weighted by Crippen LogP contribution is 2.19. The molecule has 6 nitrogen and oxygen atoms in total. The first-order valence-electron chi connectivity index (χ1n) is 6.77. The van der Waals surface area contributed by atoms with Gasteiger partial charge in [0.2, 0.25) is 0 Å². The number of anilines is 1. The summed E-state index contributed by atoms with van der Waals surface area (Å²) in [4.78, 5) is 0. The zero-order valence-electron chi connectivity index (χ0n) is 12.2. The van der Waals surface area contributed by atoms with Crippen LogP contribution in [0.5, 0.6) is 0 Å². The van der Waals surface area contributed by atoms with Crippen LogP contribution in [0.15, 0.2) is 41.6 Å². The molecule has 0 unspecified atom stereocenters. The second kappa shape index (κ2) is 6.28. The van der Waals surface area contributed by atoms with Crippen molar-refractivity contribution in [3.05, 3.63) is 42.1 Å². The smallest absolute Gasteiger partial charge is 0.260 e. The van der Waals surface area contributed by atoms with Gasteiger partial charge in [0.1, 0.15) is 0 Å². The van der Waals surface area contributed by atoms with Gasteiger partial charge < -0.3 is 5.73 Å². The fraction of sp³-hybridized carbons (Fsp3) is 0.357. The van der Waals surface area contributed by atoms with E-state index < -0.39 is 10.0 Å². The van der Waals surface area contributed by atoms with Crippen LogP contribution in [0.2, 0.25) is 0 Å². The lowest BCUT2D eigenvalue weighted by Gasteiger charge is -2.21. The van der Waals surface area contributed by atoms with Gasteiger partial charge in [-0.25, -0.2) is 8.42 Å². The number of nitrogen functional groups attached to an aromatic ring is 1. The molecule has 114 valence electrons. The van der Waals surface area contributed by atoms with Gasteiger partial charge in [-0.2, -0.15) is 9.40 Å². The Morgan fingerprint density at radius 2 is 2.10 bits per heavy atom. The molecule has 0 saturated heterocycles. The number of hydrogen-bond acceptors (Lipinski definition) is 4. The van der Waals surface area contributed by atoms with Crippen molar-refractivity contribution in [2.45, 2.75) is 24.9 Å². The summed E-state index contributed by atoms with van der Waals surface area (Å²) in [6, 6.07) is 8.78. The lowest BCUT2D eigenvalue weighted by molar-refractivity contribution is 0.400. The van der Waals surface area contributed by atoms with Gasteiger partial charge in [0.15, 0.2) is 5.03 Å². The third kappa shape index (κ3) is 3.43. The van der Waals surface area contributed by atoms with Crippen molar-refractivity contribution in [2.24, 2.45) is 7.05 Å². The summed E-state index contributed by atoms with van der Waals surface area (Å²) in [6.45, 7) is 2.69. The molecule has 0 bridgehead atoms. The SMILES string of the molecule is CCCN(Cc1cccc(N)c1)S(=O)(=O)c1ccnn1C. The van der Waals surface area contributed by atoms with Crippen LogP contribution >= 0.6 is 0 Å². The number of hydrogen-bond donors (Lipinski definition) is 1. The molecule has 0 aliphatic heterocycles. The van der Waals surface area contributed by atoms with E-state index in [2.05, 4.69) is 5.10 Å². The highest BCUT2D eigenvalue weighted by atomic mass is 32.2. The molecule has 0 saturated carbocycles. The van der Waals surface area contributed by atoms with E-state index in [1.807, 2.05) is 19.1 Å². The molecular weight excluding hydrogens is 288 g/mol. The fourth-order valence-corrected chi connectivity index (χ4v) is 3.80. The number of aromatic nitrogens is 2. The molecule has 1 aromatic heterocycles. The van der Waals surface area contributed by atoms with E-state index in [1.165, 1.54) is 21.3 Å². The van der Waals surface area contributed by atoms with Crippen molar-refractivity contribution >= 4 is 15.7 Å². The van der Waals surface area contributed by atoms with Crippen molar-refractivity contribution in [3.8, 4) is 0 Å². The molecule has 0 aliphatic rings. The first kappa shape index (κ1) is 15.5. The van der Waals surface area contributed by atoms with Crippen LogP contribution < -0.4 is 5.73 Å². The van der Waals surface area contributed by atoms with Crippen molar-refractivity contribution < 1.29 is 8.42 Å². The molecule has 1 heterocycles. The maximum absolute atomic E-state index is 12.7. The van der Waals surface area contributed by atoms with E-state index >= 15 is 0 Å². The standard InChI is InChI=1S/C14H20N4O2S/c1-3-9-18(11-12-5-4-6-13(15)10-12)21(19,20)14-7-8-16-17(14)2/h4-8,10H,3,9,11,15H2,1-2H3. The zero-order chi connectivity index (χ0) is 15.5. The van der Waals surface area contributed by atoms with E-state index in [-0.39, 0.29) is 5.03 Å². The molecule has 0 spiro atoms. The minimum absolute atomic E-state index is 0.194. The van der Waals surface area contributed by atoms with Crippen molar-refractivity contribution in [1.29, 1.82) is 0 Å². The quantitative estimate of drug-likeness (QED) is 0.822. The molecule has 21 heavy (non-hydrogen) atoms. The molecule has 2 aromatic rings. The minimum atomic E-state index is -3.57. The Morgan fingerprint density at radius 3 is 2.67 bits per heavy atom. The van der Waals surface area contributed by atoms with Crippen LogP contribution in [0, 0.1) is 0 Å². The van der Waals surface area contributed by atoms with Gasteiger partial charge in [-0.1, -0.05) is 19.1 Å². The molecule has 0 amide bonds. The lowest BCUT2D eigenvalue weighted by atomic mass is 10.2. The number of nitrogens with zero attached hydrogens (tertiary/aromatic N) is 3. The monoisotopic (exact) mass is 308 g/mol. The number of benzene rings is 1. The van der Waals surface area contributed by atoms with Gasteiger partial charge in [-0.05, 0) is 30.2 Å². The predicted molar refractivity (Wildman–Crippen MR) is 81.9 cm³/mol. The largest absolute Gasteiger partial charge is 0.399 e. The number of nitrogens with two attached hydrogens (primary N) is 1. The highest BCUT2D eigenvalue weighted by Gasteiger charge is 2.26. The third-order valence-electron chi connectivity index (χ3n) is 3.16. The molecule has 0 aliphatic carbocycles. The Morgan fingerprint density at radius 1 is 1.33 bits per heavy atom. The first-order chi connectivity index (χ1) is 9.95. The maximum Gasteiger partial charge on any atom is 0.260 e. The summed E-state index contributed by atoms with van der Waals surface area (Å²) in [5, 5.41) is 4.13. The van der Waals surface area contributed by atoms with Crippen LogP contribution in [0.3, 0.4) is 0 Å². The average Bonchev–Trinajstić information content (AvgIpc) is 2.85.